The maximum Gasteiger partial charge on any atom is 0.263 e. The van der Waals surface area contributed by atoms with E-state index in [9.17, 15) is 9.18 Å². The average Bonchev–Trinajstić information content (AvgIpc) is 3.18. The molecule has 4 rings (SSSR count). The fourth-order valence-corrected chi connectivity index (χ4v) is 5.92. The number of nitrogens with zero attached hydrogens (tertiary/aromatic N) is 2. The first kappa shape index (κ1) is 17.8. The van der Waals surface area contributed by atoms with E-state index in [0.717, 1.165) is 35.0 Å². The molecule has 134 valence electrons. The first-order valence-corrected chi connectivity index (χ1v) is 10.5. The number of hydrogen-bond donors (Lipinski definition) is 0. The summed E-state index contributed by atoms with van der Waals surface area (Å²) in [5.74, 6) is -0.0371. The van der Waals surface area contributed by atoms with Gasteiger partial charge >= 0.3 is 0 Å². The number of benzene rings is 1. The molecule has 7 heteroatoms. The highest BCUT2D eigenvalue weighted by molar-refractivity contribution is 7.98. The van der Waals surface area contributed by atoms with Crippen LogP contribution in [0.2, 0.25) is 5.02 Å². The molecule has 3 nitrogen and oxygen atoms in total. The Bertz CT molecular complexity index is 1050. The summed E-state index contributed by atoms with van der Waals surface area (Å²) >= 11 is 9.05. The minimum Gasteiger partial charge on any atom is -0.283 e. The lowest BCUT2D eigenvalue weighted by atomic mass is 10.2. The molecular weight excluding hydrogens is 391 g/mol. The number of aromatic nitrogens is 2. The zero-order valence-corrected chi connectivity index (χ0v) is 16.3. The lowest BCUT2D eigenvalue weighted by Crippen LogP contribution is -2.22. The van der Waals surface area contributed by atoms with Gasteiger partial charge in [-0.2, -0.15) is 0 Å². The third-order valence-electron chi connectivity index (χ3n) is 4.51. The van der Waals surface area contributed by atoms with Crippen molar-refractivity contribution in [2.24, 2.45) is 0 Å². The van der Waals surface area contributed by atoms with Crippen molar-refractivity contribution >= 4 is 44.9 Å². The molecule has 0 amide bonds. The Morgan fingerprint density at radius 3 is 3.04 bits per heavy atom. The molecule has 0 unspecified atom stereocenters. The second kappa shape index (κ2) is 7.18. The Kier molecular flexibility index (Phi) is 4.90. The minimum absolute atomic E-state index is 0.0311. The van der Waals surface area contributed by atoms with Gasteiger partial charge in [-0.3, -0.25) is 9.36 Å². The summed E-state index contributed by atoms with van der Waals surface area (Å²) in [4.78, 5) is 19.8. The maximum absolute atomic E-state index is 14.0. The summed E-state index contributed by atoms with van der Waals surface area (Å²) in [6.07, 6.45) is 4.74. The second-order valence-corrected chi connectivity index (χ2v) is 8.56. The molecule has 26 heavy (non-hydrogen) atoms. The second-order valence-electron chi connectivity index (χ2n) is 6.13. The molecule has 0 atom stereocenters. The maximum atomic E-state index is 14.0. The summed E-state index contributed by atoms with van der Waals surface area (Å²) in [6.45, 7) is 4.12. The van der Waals surface area contributed by atoms with Gasteiger partial charge in [-0.1, -0.05) is 35.5 Å². The third-order valence-corrected chi connectivity index (χ3v) is 7.05. The monoisotopic (exact) mass is 406 g/mol. The van der Waals surface area contributed by atoms with Crippen molar-refractivity contribution in [3.05, 3.63) is 68.1 Å². The van der Waals surface area contributed by atoms with Gasteiger partial charge in [0, 0.05) is 27.8 Å². The topological polar surface area (TPSA) is 34.9 Å². The molecule has 0 bridgehead atoms. The lowest BCUT2D eigenvalue weighted by Gasteiger charge is -2.11. The molecule has 3 aromatic rings. The van der Waals surface area contributed by atoms with Gasteiger partial charge in [0.05, 0.1) is 5.39 Å². The normalized spacial score (nSPS) is 13.3. The molecule has 0 N–H and O–H groups in total. The van der Waals surface area contributed by atoms with Crippen molar-refractivity contribution in [3.8, 4) is 0 Å². The van der Waals surface area contributed by atoms with Gasteiger partial charge in [-0.05, 0) is 37.0 Å². The molecule has 1 aromatic carbocycles. The van der Waals surface area contributed by atoms with Crippen molar-refractivity contribution in [1.29, 1.82) is 0 Å². The van der Waals surface area contributed by atoms with E-state index in [2.05, 4.69) is 6.58 Å². The van der Waals surface area contributed by atoms with Crippen LogP contribution < -0.4 is 5.56 Å². The van der Waals surface area contributed by atoms with Crippen LogP contribution in [0.1, 0.15) is 22.4 Å². The molecule has 2 aromatic heterocycles. The van der Waals surface area contributed by atoms with Crippen molar-refractivity contribution < 1.29 is 4.39 Å². The van der Waals surface area contributed by atoms with Gasteiger partial charge in [0.2, 0.25) is 0 Å². The largest absolute Gasteiger partial charge is 0.283 e. The highest BCUT2D eigenvalue weighted by Crippen LogP contribution is 2.36. The number of allylic oxidation sites excluding steroid dienone is 1. The van der Waals surface area contributed by atoms with Crippen molar-refractivity contribution in [2.75, 3.05) is 0 Å². The number of hydrogen-bond acceptors (Lipinski definition) is 4. The van der Waals surface area contributed by atoms with Gasteiger partial charge < -0.3 is 0 Å². The molecule has 2 heterocycles. The Morgan fingerprint density at radius 1 is 1.42 bits per heavy atom. The zero-order valence-electron chi connectivity index (χ0n) is 13.9. The molecule has 0 aliphatic heterocycles. The average molecular weight is 407 g/mol. The molecule has 0 radical (unpaired) electrons. The van der Waals surface area contributed by atoms with Crippen LogP contribution in [-0.2, 0) is 25.1 Å². The quantitative estimate of drug-likeness (QED) is 0.331. The van der Waals surface area contributed by atoms with Crippen LogP contribution in [0.15, 0.2) is 40.8 Å². The lowest BCUT2D eigenvalue weighted by molar-refractivity contribution is 0.617. The van der Waals surface area contributed by atoms with Crippen LogP contribution >= 0.6 is 34.7 Å². The van der Waals surface area contributed by atoms with E-state index in [1.165, 1.54) is 22.7 Å². The first-order chi connectivity index (χ1) is 12.6. The van der Waals surface area contributed by atoms with Crippen LogP contribution in [0.3, 0.4) is 0 Å². The van der Waals surface area contributed by atoms with Crippen LogP contribution in [0.5, 0.6) is 0 Å². The van der Waals surface area contributed by atoms with Crippen molar-refractivity contribution in [2.45, 2.75) is 36.7 Å². The van der Waals surface area contributed by atoms with E-state index in [0.29, 0.717) is 28.0 Å². The van der Waals surface area contributed by atoms with E-state index in [4.69, 9.17) is 16.6 Å². The SMILES string of the molecule is C=CCn1c(SCc2c(F)cccc2Cl)nc2sc3c(c2c1=O)CCC3. The number of rotatable bonds is 5. The smallest absolute Gasteiger partial charge is 0.263 e. The van der Waals surface area contributed by atoms with Crippen LogP contribution in [0.25, 0.3) is 10.2 Å². The number of thioether (sulfide) groups is 1. The highest BCUT2D eigenvalue weighted by atomic mass is 35.5. The van der Waals surface area contributed by atoms with Crippen LogP contribution in [-0.4, -0.2) is 9.55 Å². The standard InChI is InChI=1S/C19H16ClFN2OS2/c1-2-9-23-18(24)16-11-5-3-8-15(11)26-17(16)22-19(23)25-10-12-13(20)6-4-7-14(12)21/h2,4,6-7H,1,3,5,8-10H2. The number of thiophene rings is 1. The molecule has 1 aliphatic carbocycles. The number of halogens is 2. The number of aryl methyl sites for hydroxylation is 2. The summed E-state index contributed by atoms with van der Waals surface area (Å²) in [5, 5.41) is 1.70. The predicted octanol–water partition coefficient (Wildman–Crippen LogP) is 5.22. The Balaban J connectivity index is 1.78. The van der Waals surface area contributed by atoms with E-state index < -0.39 is 0 Å². The fraction of sp³-hybridized carbons (Fsp3) is 0.263. The van der Waals surface area contributed by atoms with Gasteiger partial charge in [-0.15, -0.1) is 17.9 Å². The summed E-state index contributed by atoms with van der Waals surface area (Å²) in [5.41, 5.74) is 1.55. The summed E-state index contributed by atoms with van der Waals surface area (Å²) < 4.78 is 15.7. The molecule has 1 aliphatic rings. The summed E-state index contributed by atoms with van der Waals surface area (Å²) in [6, 6.07) is 4.63. The van der Waals surface area contributed by atoms with Gasteiger partial charge in [0.15, 0.2) is 5.16 Å². The molecule has 0 fully saturated rings. The Morgan fingerprint density at radius 2 is 2.27 bits per heavy atom. The van der Waals surface area contributed by atoms with Crippen LogP contribution in [0.4, 0.5) is 4.39 Å². The van der Waals surface area contributed by atoms with Crippen LogP contribution in [0, 0.1) is 5.82 Å². The number of fused-ring (bicyclic) bond motifs is 3. The zero-order chi connectivity index (χ0) is 18.3. The van der Waals surface area contributed by atoms with E-state index in [1.54, 1.807) is 34.1 Å². The molecular formula is C19H16ClFN2OS2. The minimum atomic E-state index is -0.348. The van der Waals surface area contributed by atoms with Crippen molar-refractivity contribution in [3.63, 3.8) is 0 Å². The summed E-state index contributed by atoms with van der Waals surface area (Å²) in [7, 11) is 0. The fourth-order valence-electron chi connectivity index (χ4n) is 3.27. The Hall–Kier alpha value is -1.63. The first-order valence-electron chi connectivity index (χ1n) is 8.31. The van der Waals surface area contributed by atoms with Gasteiger partial charge in [0.1, 0.15) is 10.6 Å². The molecule has 0 saturated carbocycles. The highest BCUT2D eigenvalue weighted by Gasteiger charge is 2.23. The van der Waals surface area contributed by atoms with E-state index in [-0.39, 0.29) is 11.4 Å². The molecule has 0 spiro atoms. The Labute approximate surface area is 163 Å². The third kappa shape index (κ3) is 3.00. The van der Waals surface area contributed by atoms with E-state index in [1.807, 2.05) is 0 Å². The predicted molar refractivity (Wildman–Crippen MR) is 107 cm³/mol. The van der Waals surface area contributed by atoms with E-state index >= 15 is 0 Å². The van der Waals surface area contributed by atoms with Gasteiger partial charge in [0.25, 0.3) is 5.56 Å². The van der Waals surface area contributed by atoms with Gasteiger partial charge in [-0.25, -0.2) is 9.37 Å². The molecule has 0 saturated heterocycles. The van der Waals surface area contributed by atoms with Crippen molar-refractivity contribution in [1.82, 2.24) is 9.55 Å².